The van der Waals surface area contributed by atoms with Gasteiger partial charge in [0, 0.05) is 12.3 Å². The molecule has 7 nitrogen and oxygen atoms in total. The SMILES string of the molecule is Cc1cc(NC(=O)c2ccn(COc3ccc(F)cc3)n2)no1. The number of anilines is 1. The van der Waals surface area contributed by atoms with Crippen molar-refractivity contribution in [2.75, 3.05) is 5.32 Å². The molecule has 1 N–H and O–H groups in total. The van der Waals surface area contributed by atoms with Gasteiger partial charge in [-0.2, -0.15) is 5.10 Å². The van der Waals surface area contributed by atoms with Gasteiger partial charge in [-0.05, 0) is 37.3 Å². The minimum absolute atomic E-state index is 0.0992. The Labute approximate surface area is 130 Å². The zero-order chi connectivity index (χ0) is 16.2. The summed E-state index contributed by atoms with van der Waals surface area (Å²) in [5, 5.41) is 10.3. The Bertz CT molecular complexity index is 810. The first kappa shape index (κ1) is 14.8. The number of hydrogen-bond donors (Lipinski definition) is 1. The molecule has 3 aromatic rings. The van der Waals surface area contributed by atoms with Gasteiger partial charge in [-0.25, -0.2) is 9.07 Å². The van der Waals surface area contributed by atoms with Crippen LogP contribution in [0.4, 0.5) is 10.2 Å². The third-order valence-corrected chi connectivity index (χ3v) is 2.92. The predicted molar refractivity (Wildman–Crippen MR) is 78.4 cm³/mol. The van der Waals surface area contributed by atoms with Crippen LogP contribution in [-0.2, 0) is 6.73 Å². The van der Waals surface area contributed by atoms with Crippen LogP contribution in [0.1, 0.15) is 16.2 Å². The van der Waals surface area contributed by atoms with Crippen molar-refractivity contribution in [3.63, 3.8) is 0 Å². The number of hydrogen-bond acceptors (Lipinski definition) is 5. The van der Waals surface area contributed by atoms with Crippen molar-refractivity contribution < 1.29 is 18.4 Å². The summed E-state index contributed by atoms with van der Waals surface area (Å²) in [6.45, 7) is 1.83. The van der Waals surface area contributed by atoms with E-state index in [1.807, 2.05) is 0 Å². The molecular formula is C15H13FN4O3. The summed E-state index contributed by atoms with van der Waals surface area (Å²) < 4.78 is 24.5. The highest BCUT2D eigenvalue weighted by atomic mass is 19.1. The van der Waals surface area contributed by atoms with Crippen molar-refractivity contribution in [1.82, 2.24) is 14.9 Å². The summed E-state index contributed by atoms with van der Waals surface area (Å²) in [4.78, 5) is 12.0. The quantitative estimate of drug-likeness (QED) is 0.782. The standard InChI is InChI=1S/C15H13FN4O3/c1-10-8-14(19-23-10)17-15(21)13-6-7-20(18-13)9-22-12-4-2-11(16)3-5-12/h2-8H,9H2,1H3,(H,17,19,21). The molecule has 0 aliphatic heterocycles. The molecule has 0 fully saturated rings. The van der Waals surface area contributed by atoms with E-state index in [-0.39, 0.29) is 18.2 Å². The van der Waals surface area contributed by atoms with Crippen molar-refractivity contribution in [3.8, 4) is 5.75 Å². The van der Waals surface area contributed by atoms with Gasteiger partial charge in [-0.3, -0.25) is 4.79 Å². The number of halogens is 1. The van der Waals surface area contributed by atoms with Crippen molar-refractivity contribution in [2.45, 2.75) is 13.7 Å². The first-order valence-electron chi connectivity index (χ1n) is 6.76. The number of nitrogens with one attached hydrogen (secondary N) is 1. The minimum Gasteiger partial charge on any atom is -0.471 e. The maximum Gasteiger partial charge on any atom is 0.277 e. The fraction of sp³-hybridized carbons (Fsp3) is 0.133. The Hall–Kier alpha value is -3.16. The average molecular weight is 316 g/mol. The van der Waals surface area contributed by atoms with E-state index in [0.717, 1.165) is 0 Å². The van der Waals surface area contributed by atoms with E-state index in [1.165, 1.54) is 28.9 Å². The fourth-order valence-corrected chi connectivity index (χ4v) is 1.83. The highest BCUT2D eigenvalue weighted by Gasteiger charge is 2.12. The van der Waals surface area contributed by atoms with Crippen LogP contribution in [0, 0.1) is 12.7 Å². The van der Waals surface area contributed by atoms with Gasteiger partial charge in [0.25, 0.3) is 5.91 Å². The highest BCUT2D eigenvalue weighted by Crippen LogP contribution is 2.12. The first-order chi connectivity index (χ1) is 11.1. The zero-order valence-electron chi connectivity index (χ0n) is 12.2. The zero-order valence-corrected chi connectivity index (χ0v) is 12.2. The Morgan fingerprint density at radius 2 is 2.13 bits per heavy atom. The maximum atomic E-state index is 12.8. The number of ether oxygens (including phenoxy) is 1. The fourth-order valence-electron chi connectivity index (χ4n) is 1.83. The number of carbonyl (C=O) groups excluding carboxylic acids is 1. The normalized spacial score (nSPS) is 10.5. The van der Waals surface area contributed by atoms with Crippen LogP contribution >= 0.6 is 0 Å². The molecule has 0 radical (unpaired) electrons. The lowest BCUT2D eigenvalue weighted by Crippen LogP contribution is -2.14. The molecule has 0 saturated heterocycles. The number of aromatic nitrogens is 3. The number of rotatable bonds is 5. The lowest BCUT2D eigenvalue weighted by atomic mass is 10.3. The molecule has 2 aromatic heterocycles. The Morgan fingerprint density at radius 1 is 1.35 bits per heavy atom. The summed E-state index contributed by atoms with van der Waals surface area (Å²) in [6.07, 6.45) is 1.60. The molecule has 23 heavy (non-hydrogen) atoms. The molecule has 8 heteroatoms. The lowest BCUT2D eigenvalue weighted by molar-refractivity contribution is 0.101. The molecular weight excluding hydrogens is 303 g/mol. The average Bonchev–Trinajstić information content (AvgIpc) is 3.16. The molecule has 3 rings (SSSR count). The van der Waals surface area contributed by atoms with Crippen LogP contribution in [0.25, 0.3) is 0 Å². The molecule has 0 aliphatic rings. The topological polar surface area (TPSA) is 82.2 Å². The number of amides is 1. The van der Waals surface area contributed by atoms with E-state index >= 15 is 0 Å². The smallest absolute Gasteiger partial charge is 0.277 e. The van der Waals surface area contributed by atoms with Crippen molar-refractivity contribution >= 4 is 11.7 Å². The number of aryl methyl sites for hydroxylation is 1. The van der Waals surface area contributed by atoms with Gasteiger partial charge in [0.15, 0.2) is 18.2 Å². The molecule has 0 atom stereocenters. The summed E-state index contributed by atoms with van der Waals surface area (Å²) in [5.41, 5.74) is 0.216. The largest absolute Gasteiger partial charge is 0.471 e. The number of nitrogens with zero attached hydrogens (tertiary/aromatic N) is 3. The third kappa shape index (κ3) is 3.73. The van der Waals surface area contributed by atoms with Gasteiger partial charge >= 0.3 is 0 Å². The molecule has 0 aliphatic carbocycles. The van der Waals surface area contributed by atoms with E-state index < -0.39 is 5.91 Å². The Balaban J connectivity index is 1.59. The van der Waals surface area contributed by atoms with Crippen LogP contribution in [0.3, 0.4) is 0 Å². The van der Waals surface area contributed by atoms with Crippen LogP contribution in [-0.4, -0.2) is 20.8 Å². The summed E-state index contributed by atoms with van der Waals surface area (Å²) in [7, 11) is 0. The van der Waals surface area contributed by atoms with Crippen LogP contribution in [0.15, 0.2) is 47.1 Å². The van der Waals surface area contributed by atoms with Gasteiger partial charge in [0.1, 0.15) is 17.3 Å². The maximum absolute atomic E-state index is 12.8. The Kier molecular flexibility index (Phi) is 4.05. The molecule has 118 valence electrons. The lowest BCUT2D eigenvalue weighted by Gasteiger charge is -2.05. The minimum atomic E-state index is -0.404. The molecule has 0 unspecified atom stereocenters. The second kappa shape index (κ2) is 6.30. The Morgan fingerprint density at radius 3 is 2.83 bits per heavy atom. The van der Waals surface area contributed by atoms with Crippen LogP contribution < -0.4 is 10.1 Å². The molecule has 0 bridgehead atoms. The molecule has 1 amide bonds. The van der Waals surface area contributed by atoms with Crippen molar-refractivity contribution in [3.05, 3.63) is 59.9 Å². The van der Waals surface area contributed by atoms with Crippen molar-refractivity contribution in [2.24, 2.45) is 0 Å². The summed E-state index contributed by atoms with van der Waals surface area (Å²) >= 11 is 0. The van der Waals surface area contributed by atoms with Crippen LogP contribution in [0.2, 0.25) is 0 Å². The summed E-state index contributed by atoms with van der Waals surface area (Å²) in [5.74, 6) is 0.687. The van der Waals surface area contributed by atoms with E-state index in [2.05, 4.69) is 15.6 Å². The second-order valence-electron chi connectivity index (χ2n) is 4.74. The van der Waals surface area contributed by atoms with Crippen LogP contribution in [0.5, 0.6) is 5.75 Å². The van der Waals surface area contributed by atoms with Gasteiger partial charge in [-0.15, -0.1) is 0 Å². The molecule has 0 spiro atoms. The highest BCUT2D eigenvalue weighted by molar-refractivity contribution is 6.02. The van der Waals surface area contributed by atoms with Gasteiger partial charge in [-0.1, -0.05) is 5.16 Å². The van der Waals surface area contributed by atoms with Crippen molar-refractivity contribution in [1.29, 1.82) is 0 Å². The van der Waals surface area contributed by atoms with Gasteiger partial charge in [0.2, 0.25) is 0 Å². The van der Waals surface area contributed by atoms with E-state index in [1.54, 1.807) is 25.3 Å². The van der Waals surface area contributed by atoms with E-state index in [4.69, 9.17) is 9.26 Å². The number of carbonyl (C=O) groups is 1. The van der Waals surface area contributed by atoms with E-state index in [0.29, 0.717) is 17.3 Å². The second-order valence-corrected chi connectivity index (χ2v) is 4.74. The van der Waals surface area contributed by atoms with Gasteiger partial charge in [0.05, 0.1) is 0 Å². The molecule has 1 aromatic carbocycles. The molecule has 0 saturated carbocycles. The first-order valence-corrected chi connectivity index (χ1v) is 6.76. The summed E-state index contributed by atoms with van der Waals surface area (Å²) in [6, 6.07) is 8.79. The number of benzene rings is 1. The predicted octanol–water partition coefficient (Wildman–Crippen LogP) is 2.61. The third-order valence-electron chi connectivity index (χ3n) is 2.92. The monoisotopic (exact) mass is 316 g/mol. The van der Waals surface area contributed by atoms with Gasteiger partial charge < -0.3 is 14.6 Å². The molecule has 2 heterocycles. The van der Waals surface area contributed by atoms with E-state index in [9.17, 15) is 9.18 Å².